The molecular formula is C11H10F3N5O. The molecule has 106 valence electrons. The first-order valence-corrected chi connectivity index (χ1v) is 5.34. The zero-order chi connectivity index (χ0) is 14.7. The van der Waals surface area contributed by atoms with Gasteiger partial charge in [-0.15, -0.1) is 0 Å². The number of rotatable bonds is 4. The van der Waals surface area contributed by atoms with E-state index in [1.54, 1.807) is 0 Å². The number of aromatic nitrogens is 2. The van der Waals surface area contributed by atoms with Gasteiger partial charge < -0.3 is 15.5 Å². The van der Waals surface area contributed by atoms with Crippen LogP contribution in [0.4, 0.5) is 30.5 Å². The predicted octanol–water partition coefficient (Wildman–Crippen LogP) is 1.93. The molecule has 0 spiro atoms. The van der Waals surface area contributed by atoms with Crippen LogP contribution in [0.2, 0.25) is 0 Å². The largest absolute Gasteiger partial charge is 0.490 e. The van der Waals surface area contributed by atoms with Crippen LogP contribution >= 0.6 is 0 Å². The molecule has 0 amide bonds. The SMILES string of the molecule is COc1c(NN)ncnc1Nc1c(F)cc(F)cc1F. The Morgan fingerprint density at radius 1 is 1.10 bits per heavy atom. The standard InChI is InChI=1S/C11H10F3N5O/c1-20-9-10(16-4-17-11(9)19-15)18-8-6(13)2-5(12)3-7(8)14/h2-4H,15H2,1H3,(H2,16,17,18,19). The second-order valence-electron chi connectivity index (χ2n) is 3.62. The molecule has 1 aromatic carbocycles. The van der Waals surface area contributed by atoms with Crippen LogP contribution in [-0.2, 0) is 0 Å². The molecule has 2 rings (SSSR count). The summed E-state index contributed by atoms with van der Waals surface area (Å²) in [6, 6.07) is 1.09. The van der Waals surface area contributed by atoms with Gasteiger partial charge in [-0.25, -0.2) is 29.0 Å². The lowest BCUT2D eigenvalue weighted by atomic mass is 10.2. The third-order valence-electron chi connectivity index (χ3n) is 2.39. The van der Waals surface area contributed by atoms with Crippen molar-refractivity contribution < 1.29 is 17.9 Å². The third kappa shape index (κ3) is 2.57. The molecule has 9 heteroatoms. The lowest BCUT2D eigenvalue weighted by Gasteiger charge is -2.13. The maximum absolute atomic E-state index is 13.5. The molecule has 0 fully saturated rings. The van der Waals surface area contributed by atoms with Crippen LogP contribution in [-0.4, -0.2) is 17.1 Å². The topological polar surface area (TPSA) is 85.1 Å². The number of nitrogen functional groups attached to an aromatic ring is 1. The van der Waals surface area contributed by atoms with E-state index in [-0.39, 0.29) is 17.4 Å². The molecule has 0 saturated heterocycles. The summed E-state index contributed by atoms with van der Waals surface area (Å²) in [7, 11) is 1.31. The van der Waals surface area contributed by atoms with Crippen LogP contribution in [0.15, 0.2) is 18.5 Å². The van der Waals surface area contributed by atoms with E-state index in [4.69, 9.17) is 10.6 Å². The van der Waals surface area contributed by atoms with E-state index in [2.05, 4.69) is 20.7 Å². The van der Waals surface area contributed by atoms with Gasteiger partial charge in [0.15, 0.2) is 23.3 Å². The van der Waals surface area contributed by atoms with Gasteiger partial charge >= 0.3 is 0 Å². The van der Waals surface area contributed by atoms with Crippen LogP contribution in [0.25, 0.3) is 0 Å². The second-order valence-corrected chi connectivity index (χ2v) is 3.62. The van der Waals surface area contributed by atoms with Gasteiger partial charge in [0.05, 0.1) is 7.11 Å². The molecule has 0 aliphatic carbocycles. The van der Waals surface area contributed by atoms with Crippen molar-refractivity contribution in [3.63, 3.8) is 0 Å². The summed E-state index contributed by atoms with van der Waals surface area (Å²) in [6.45, 7) is 0. The Balaban J connectivity index is 2.45. The molecule has 4 N–H and O–H groups in total. The molecule has 0 radical (unpaired) electrons. The second kappa shape index (κ2) is 5.61. The number of hydrazine groups is 1. The van der Waals surface area contributed by atoms with Crippen molar-refractivity contribution >= 4 is 17.3 Å². The lowest BCUT2D eigenvalue weighted by Crippen LogP contribution is -2.12. The fourth-order valence-electron chi connectivity index (χ4n) is 1.54. The zero-order valence-corrected chi connectivity index (χ0v) is 10.2. The predicted molar refractivity (Wildman–Crippen MR) is 66.0 cm³/mol. The Bertz CT molecular complexity index is 614. The smallest absolute Gasteiger partial charge is 0.205 e. The van der Waals surface area contributed by atoms with Gasteiger partial charge in [0.2, 0.25) is 5.75 Å². The Labute approximate surface area is 111 Å². The normalized spacial score (nSPS) is 10.2. The van der Waals surface area contributed by atoms with Crippen LogP contribution < -0.4 is 21.3 Å². The first kappa shape index (κ1) is 13.9. The van der Waals surface area contributed by atoms with Crippen molar-refractivity contribution in [2.75, 3.05) is 17.9 Å². The fraction of sp³-hybridized carbons (Fsp3) is 0.0909. The summed E-state index contributed by atoms with van der Waals surface area (Å²) < 4.78 is 44.9. The Morgan fingerprint density at radius 3 is 2.25 bits per heavy atom. The van der Waals surface area contributed by atoms with Gasteiger partial charge in [0, 0.05) is 12.1 Å². The number of benzene rings is 1. The van der Waals surface area contributed by atoms with Crippen molar-refractivity contribution in [2.24, 2.45) is 5.84 Å². The van der Waals surface area contributed by atoms with Gasteiger partial charge in [0.1, 0.15) is 17.8 Å². The van der Waals surface area contributed by atoms with Gasteiger partial charge in [-0.05, 0) is 0 Å². The number of hydrogen-bond acceptors (Lipinski definition) is 6. The molecule has 0 bridgehead atoms. The number of nitrogens with zero attached hydrogens (tertiary/aromatic N) is 2. The van der Waals surface area contributed by atoms with Crippen LogP contribution in [0.1, 0.15) is 0 Å². The minimum atomic E-state index is -1.11. The number of hydrogen-bond donors (Lipinski definition) is 3. The highest BCUT2D eigenvalue weighted by atomic mass is 19.1. The molecule has 0 aliphatic heterocycles. The summed E-state index contributed by atoms with van der Waals surface area (Å²) in [5, 5.41) is 2.37. The highest BCUT2D eigenvalue weighted by Crippen LogP contribution is 2.32. The fourth-order valence-corrected chi connectivity index (χ4v) is 1.54. The average Bonchev–Trinajstić information content (AvgIpc) is 2.42. The number of nitrogens with two attached hydrogens (primary N) is 1. The highest BCUT2D eigenvalue weighted by molar-refractivity contribution is 5.69. The summed E-state index contributed by atoms with van der Waals surface area (Å²) in [5.74, 6) is 2.13. The maximum Gasteiger partial charge on any atom is 0.205 e. The molecule has 20 heavy (non-hydrogen) atoms. The molecule has 1 heterocycles. The van der Waals surface area contributed by atoms with Crippen molar-refractivity contribution in [3.8, 4) is 5.75 Å². The quantitative estimate of drug-likeness (QED) is 0.588. The van der Waals surface area contributed by atoms with Crippen LogP contribution in [0.5, 0.6) is 5.75 Å². The van der Waals surface area contributed by atoms with Crippen LogP contribution in [0, 0.1) is 17.5 Å². The maximum atomic E-state index is 13.5. The molecule has 0 saturated carbocycles. The number of methoxy groups -OCH3 is 1. The van der Waals surface area contributed by atoms with E-state index >= 15 is 0 Å². The van der Waals surface area contributed by atoms with E-state index in [0.717, 1.165) is 6.33 Å². The van der Waals surface area contributed by atoms with Gasteiger partial charge in [-0.2, -0.15) is 0 Å². The van der Waals surface area contributed by atoms with Crippen molar-refractivity contribution in [1.29, 1.82) is 0 Å². The zero-order valence-electron chi connectivity index (χ0n) is 10.2. The van der Waals surface area contributed by atoms with E-state index in [0.29, 0.717) is 12.1 Å². The van der Waals surface area contributed by atoms with Gasteiger partial charge in [-0.1, -0.05) is 0 Å². The lowest BCUT2D eigenvalue weighted by molar-refractivity contribution is 0.415. The summed E-state index contributed by atoms with van der Waals surface area (Å²) in [4.78, 5) is 7.56. The van der Waals surface area contributed by atoms with Gasteiger partial charge in [0.25, 0.3) is 0 Å². The molecule has 0 unspecified atom stereocenters. The Morgan fingerprint density at radius 2 is 1.70 bits per heavy atom. The van der Waals surface area contributed by atoms with E-state index < -0.39 is 23.1 Å². The minimum absolute atomic E-state index is 0.0279. The van der Waals surface area contributed by atoms with Crippen LogP contribution in [0.3, 0.4) is 0 Å². The molecule has 1 aromatic heterocycles. The average molecular weight is 285 g/mol. The van der Waals surface area contributed by atoms with Gasteiger partial charge in [-0.3, -0.25) is 0 Å². The van der Waals surface area contributed by atoms with E-state index in [9.17, 15) is 13.2 Å². The van der Waals surface area contributed by atoms with E-state index in [1.807, 2.05) is 0 Å². The number of anilines is 3. The number of ether oxygens (including phenoxy) is 1. The summed E-state index contributed by atoms with van der Waals surface area (Å²) in [6.07, 6.45) is 1.11. The summed E-state index contributed by atoms with van der Waals surface area (Å²) >= 11 is 0. The van der Waals surface area contributed by atoms with Crippen molar-refractivity contribution in [3.05, 3.63) is 35.9 Å². The number of halogens is 3. The van der Waals surface area contributed by atoms with Crippen molar-refractivity contribution in [1.82, 2.24) is 9.97 Å². The third-order valence-corrected chi connectivity index (χ3v) is 2.39. The Kier molecular flexibility index (Phi) is 3.89. The monoisotopic (exact) mass is 285 g/mol. The molecule has 0 atom stereocenters. The van der Waals surface area contributed by atoms with Crippen molar-refractivity contribution in [2.45, 2.75) is 0 Å². The number of nitrogens with one attached hydrogen (secondary N) is 2. The summed E-state index contributed by atoms with van der Waals surface area (Å²) in [5.41, 5.74) is 1.68. The molecular weight excluding hydrogens is 275 g/mol. The first-order chi connectivity index (χ1) is 9.56. The molecule has 6 nitrogen and oxygen atoms in total. The highest BCUT2D eigenvalue weighted by Gasteiger charge is 2.17. The molecule has 2 aromatic rings. The molecule has 0 aliphatic rings. The minimum Gasteiger partial charge on any atom is -0.490 e. The van der Waals surface area contributed by atoms with E-state index in [1.165, 1.54) is 7.11 Å². The Hall–Kier alpha value is -2.55. The first-order valence-electron chi connectivity index (χ1n) is 5.34.